The van der Waals surface area contributed by atoms with E-state index >= 15 is 0 Å². The van der Waals surface area contributed by atoms with E-state index in [1.165, 1.54) is 49.7 Å². The average molecular weight is 356 g/mol. The minimum Gasteiger partial charge on any atom is -0.872 e. The van der Waals surface area contributed by atoms with Crippen molar-refractivity contribution in [2.24, 2.45) is 4.99 Å². The second kappa shape index (κ2) is 6.73. The average Bonchev–Trinajstić information content (AvgIpc) is 2.66. The van der Waals surface area contributed by atoms with Gasteiger partial charge in [-0.25, -0.2) is 0 Å². The Morgan fingerprint density at radius 2 is 2.08 bits per heavy atom. The fourth-order valence-electron chi connectivity index (χ4n) is 2.45. The molecule has 0 spiro atoms. The van der Waals surface area contributed by atoms with Crippen LogP contribution in [0.3, 0.4) is 0 Å². The molecule has 0 fully saturated rings. The first-order valence-electron chi connectivity index (χ1n) is 7.46. The monoisotopic (exact) mass is 356 g/mol. The second-order valence-corrected chi connectivity index (χ2v) is 5.45. The molecule has 1 atom stereocenters. The summed E-state index contributed by atoms with van der Waals surface area (Å²) < 4.78 is 4.96. The van der Waals surface area contributed by atoms with Crippen molar-refractivity contribution in [3.05, 3.63) is 63.5 Å². The molecule has 1 aliphatic rings. The van der Waals surface area contributed by atoms with Crippen LogP contribution in [-0.2, 0) is 0 Å². The first-order valence-corrected chi connectivity index (χ1v) is 7.46. The van der Waals surface area contributed by atoms with Gasteiger partial charge in [-0.2, -0.15) is 0 Å². The third-order valence-corrected chi connectivity index (χ3v) is 3.83. The number of ether oxygens (including phenoxy) is 1. The Labute approximate surface area is 147 Å². The van der Waals surface area contributed by atoms with Crippen LogP contribution in [0.2, 0.25) is 0 Å². The van der Waals surface area contributed by atoms with E-state index in [1.807, 2.05) is 0 Å². The highest BCUT2D eigenvalue weighted by Gasteiger charge is 2.17. The number of phenolic OH excluding ortho intramolecular Hbond substituents is 1. The number of nitro benzene ring substituents is 1. The summed E-state index contributed by atoms with van der Waals surface area (Å²) in [6.45, 7) is 0. The zero-order valence-corrected chi connectivity index (χ0v) is 13.5. The van der Waals surface area contributed by atoms with Crippen LogP contribution in [0.4, 0.5) is 17.1 Å². The zero-order valence-electron chi connectivity index (χ0n) is 13.5. The van der Waals surface area contributed by atoms with Gasteiger partial charge in [0.15, 0.2) is 11.5 Å². The molecule has 2 aromatic rings. The Hall–Kier alpha value is -3.59. The highest BCUT2D eigenvalue weighted by molar-refractivity contribution is 5.93. The lowest BCUT2D eigenvalue weighted by molar-refractivity contribution is -0.384. The highest BCUT2D eigenvalue weighted by Crippen LogP contribution is 2.35. The predicted octanol–water partition coefficient (Wildman–Crippen LogP) is 1.74. The number of nitrogens with zero attached hydrogens (tertiary/aromatic N) is 2. The molecule has 9 nitrogen and oxygen atoms in total. The van der Waals surface area contributed by atoms with Crippen LogP contribution >= 0.6 is 0 Å². The number of phenols is 1. The van der Waals surface area contributed by atoms with Crippen molar-refractivity contribution >= 4 is 23.3 Å². The number of aromatic hydroxyl groups is 1. The maximum Gasteiger partial charge on any atom is 0.271 e. The fourth-order valence-corrected chi connectivity index (χ4v) is 2.45. The number of non-ortho nitro benzene ring substituents is 1. The quantitative estimate of drug-likeness (QED) is 0.430. The molecule has 0 bridgehead atoms. The van der Waals surface area contributed by atoms with Crippen molar-refractivity contribution in [2.75, 3.05) is 12.4 Å². The number of rotatable bonds is 4. The zero-order chi connectivity index (χ0) is 18.8. The number of aliphatic hydroxyl groups is 1. The van der Waals surface area contributed by atoms with E-state index in [4.69, 9.17) is 4.74 Å². The number of anilines is 1. The number of hydrogen-bond donors (Lipinski definition) is 3. The predicted molar refractivity (Wildman–Crippen MR) is 91.5 cm³/mol. The number of allylic oxidation sites excluding steroid dienone is 1. The van der Waals surface area contributed by atoms with Gasteiger partial charge >= 0.3 is 0 Å². The molecule has 0 aliphatic carbocycles. The van der Waals surface area contributed by atoms with E-state index in [9.17, 15) is 25.4 Å². The smallest absolute Gasteiger partial charge is 0.271 e. The molecule has 0 saturated carbocycles. The summed E-state index contributed by atoms with van der Waals surface area (Å²) in [5.74, 6) is -0.635. The van der Waals surface area contributed by atoms with E-state index in [0.717, 1.165) is 0 Å². The molecule has 3 rings (SSSR count). The van der Waals surface area contributed by atoms with E-state index in [2.05, 4.69) is 10.3 Å². The molecule has 26 heavy (non-hydrogen) atoms. The molecule has 9 heteroatoms. The van der Waals surface area contributed by atoms with Crippen LogP contribution in [0.1, 0.15) is 11.7 Å². The van der Waals surface area contributed by atoms with Gasteiger partial charge in [0.25, 0.3) is 5.69 Å². The first-order chi connectivity index (χ1) is 12.4. The first kappa shape index (κ1) is 17.2. The van der Waals surface area contributed by atoms with Crippen molar-refractivity contribution in [3.8, 4) is 11.5 Å². The maximum atomic E-state index is 12.5. The molecule has 1 aliphatic heterocycles. The lowest BCUT2D eigenvalue weighted by atomic mass is 10.1. The van der Waals surface area contributed by atoms with Gasteiger partial charge in [-0.1, -0.05) is 11.8 Å². The van der Waals surface area contributed by atoms with Crippen LogP contribution < -0.4 is 15.2 Å². The van der Waals surface area contributed by atoms with Gasteiger partial charge in [-0.15, -0.1) is 0 Å². The van der Waals surface area contributed by atoms with Gasteiger partial charge in [0.05, 0.1) is 35.7 Å². The van der Waals surface area contributed by atoms with E-state index < -0.39 is 16.8 Å². The molecule has 0 radical (unpaired) electrons. The summed E-state index contributed by atoms with van der Waals surface area (Å²) in [5.41, 5.74) is 0.884. The molecule has 1 heterocycles. The molecule has 134 valence electrons. The van der Waals surface area contributed by atoms with Crippen LogP contribution in [-0.4, -0.2) is 28.5 Å². The summed E-state index contributed by atoms with van der Waals surface area (Å²) in [5, 5.41) is 46.0. The second-order valence-electron chi connectivity index (χ2n) is 5.45. The standard InChI is InChI=1S/C17H15N3O6/c1-26-15-6-9(2-5-14(15)21)16(22)17(23)13-8-18-12-7-10(20(24)25)3-4-11(12)19-13/h2-8,16,19,21-23H,1H3/p-1. The minimum absolute atomic E-state index is 0.0332. The molecular formula is C17H14N3O6-. The lowest BCUT2D eigenvalue weighted by Gasteiger charge is -2.26. The highest BCUT2D eigenvalue weighted by atomic mass is 16.6. The summed E-state index contributed by atoms with van der Waals surface area (Å²) in [7, 11) is 1.35. The maximum absolute atomic E-state index is 12.5. The lowest BCUT2D eigenvalue weighted by Crippen LogP contribution is -2.22. The minimum atomic E-state index is -1.50. The van der Waals surface area contributed by atoms with Crippen molar-refractivity contribution in [2.45, 2.75) is 6.10 Å². The Morgan fingerprint density at radius 3 is 2.77 bits per heavy atom. The van der Waals surface area contributed by atoms with E-state index in [-0.39, 0.29) is 28.4 Å². The molecule has 0 amide bonds. The van der Waals surface area contributed by atoms with Crippen molar-refractivity contribution in [1.29, 1.82) is 0 Å². The van der Waals surface area contributed by atoms with Crippen molar-refractivity contribution in [1.82, 2.24) is 0 Å². The number of nitro groups is 1. The number of aliphatic imine (C=N–C) groups is 1. The molecule has 0 saturated heterocycles. The Kier molecular flexibility index (Phi) is 4.46. The normalized spacial score (nSPS) is 15.6. The van der Waals surface area contributed by atoms with Crippen LogP contribution in [0.5, 0.6) is 11.5 Å². The third-order valence-electron chi connectivity index (χ3n) is 3.83. The summed E-state index contributed by atoms with van der Waals surface area (Å²) in [4.78, 5) is 14.3. The number of nitrogens with one attached hydrogen (secondary N) is 1. The summed E-state index contributed by atoms with van der Waals surface area (Å²) in [6, 6.07) is 8.07. The number of aliphatic hydroxyl groups excluding tert-OH is 1. The van der Waals surface area contributed by atoms with Crippen molar-refractivity contribution in [3.63, 3.8) is 0 Å². The number of methoxy groups -OCH3 is 1. The fraction of sp³-hybridized carbons (Fsp3) is 0.118. The third kappa shape index (κ3) is 3.15. The molecule has 1 unspecified atom stereocenters. The topological polar surface area (TPSA) is 140 Å². The Morgan fingerprint density at radius 1 is 1.31 bits per heavy atom. The Balaban J connectivity index is 1.91. The number of fused-ring (bicyclic) bond motifs is 1. The van der Waals surface area contributed by atoms with Crippen LogP contribution in [0.15, 0.2) is 52.8 Å². The van der Waals surface area contributed by atoms with Crippen LogP contribution in [0.25, 0.3) is 0 Å². The molecule has 0 aromatic heterocycles. The van der Waals surface area contributed by atoms with Gasteiger partial charge < -0.3 is 25.4 Å². The van der Waals surface area contributed by atoms with Gasteiger partial charge in [0.2, 0.25) is 0 Å². The van der Waals surface area contributed by atoms with Gasteiger partial charge in [0, 0.05) is 17.8 Å². The van der Waals surface area contributed by atoms with Crippen molar-refractivity contribution < 1.29 is 25.0 Å². The molecular weight excluding hydrogens is 342 g/mol. The van der Waals surface area contributed by atoms with Crippen LogP contribution in [0, 0.1) is 10.1 Å². The van der Waals surface area contributed by atoms with Gasteiger partial charge in [-0.3, -0.25) is 15.1 Å². The molecule has 2 aromatic carbocycles. The summed E-state index contributed by atoms with van der Waals surface area (Å²) >= 11 is 0. The van der Waals surface area contributed by atoms with E-state index in [0.29, 0.717) is 11.4 Å². The van der Waals surface area contributed by atoms with E-state index in [1.54, 1.807) is 0 Å². The molecule has 3 N–H and O–H groups in total. The number of hydrogen-bond acceptors (Lipinski definition) is 8. The Bertz CT molecular complexity index is 938. The van der Waals surface area contributed by atoms with Gasteiger partial charge in [0.1, 0.15) is 0 Å². The summed E-state index contributed by atoms with van der Waals surface area (Å²) in [6.07, 6.45) is -0.298. The number of benzene rings is 2. The SMILES string of the molecule is COc1cc(C(O)C([O-])=C2C=Nc3cc([N+](=O)[O-])ccc3N2)ccc1O. The van der Waals surface area contributed by atoms with Gasteiger partial charge in [-0.05, 0) is 23.8 Å². The largest absolute Gasteiger partial charge is 0.872 e.